The Kier molecular flexibility index (Phi) is 6.65. The number of rotatable bonds is 8. The predicted molar refractivity (Wildman–Crippen MR) is 107 cm³/mol. The summed E-state index contributed by atoms with van der Waals surface area (Å²) in [6.07, 6.45) is 2.40. The summed E-state index contributed by atoms with van der Waals surface area (Å²) in [4.78, 5) is 6.86. The van der Waals surface area contributed by atoms with E-state index in [1.54, 1.807) is 24.3 Å². The Morgan fingerprint density at radius 3 is 2.48 bits per heavy atom. The van der Waals surface area contributed by atoms with Crippen molar-refractivity contribution in [2.75, 3.05) is 49.4 Å². The van der Waals surface area contributed by atoms with Crippen LogP contribution in [0.2, 0.25) is 0 Å². The van der Waals surface area contributed by atoms with E-state index < -0.39 is 10.0 Å². The Morgan fingerprint density at radius 2 is 1.85 bits per heavy atom. The molecule has 2 N–H and O–H groups in total. The molecule has 7 nitrogen and oxygen atoms in total. The molecule has 0 radical (unpaired) electrons. The van der Waals surface area contributed by atoms with Crippen molar-refractivity contribution in [1.82, 2.24) is 9.88 Å². The minimum Gasteiger partial charge on any atom is -0.379 e. The van der Waals surface area contributed by atoms with Crippen molar-refractivity contribution in [2.24, 2.45) is 0 Å². The van der Waals surface area contributed by atoms with Gasteiger partial charge in [-0.2, -0.15) is 0 Å². The van der Waals surface area contributed by atoms with E-state index in [0.29, 0.717) is 5.69 Å². The van der Waals surface area contributed by atoms with Crippen molar-refractivity contribution in [1.29, 1.82) is 0 Å². The second-order valence-electron chi connectivity index (χ2n) is 6.42. The first-order valence-electron chi connectivity index (χ1n) is 9.18. The van der Waals surface area contributed by atoms with Gasteiger partial charge in [0.15, 0.2) is 0 Å². The highest BCUT2D eigenvalue weighted by atomic mass is 32.2. The van der Waals surface area contributed by atoms with Crippen molar-refractivity contribution in [2.45, 2.75) is 18.2 Å². The van der Waals surface area contributed by atoms with Crippen LogP contribution in [-0.4, -0.2) is 57.7 Å². The molecule has 0 saturated carbocycles. The van der Waals surface area contributed by atoms with Gasteiger partial charge < -0.3 is 10.1 Å². The zero-order chi connectivity index (χ0) is 19.1. The van der Waals surface area contributed by atoms with E-state index in [4.69, 9.17) is 4.74 Å². The van der Waals surface area contributed by atoms with Gasteiger partial charge in [-0.15, -0.1) is 0 Å². The first-order valence-corrected chi connectivity index (χ1v) is 10.7. The molecular formula is C19H26N4O3S. The zero-order valence-electron chi connectivity index (χ0n) is 15.5. The Balaban J connectivity index is 1.53. The fourth-order valence-corrected chi connectivity index (χ4v) is 3.89. The van der Waals surface area contributed by atoms with Crippen molar-refractivity contribution in [3.05, 3.63) is 48.2 Å². The van der Waals surface area contributed by atoms with E-state index in [0.717, 1.165) is 57.2 Å². The van der Waals surface area contributed by atoms with E-state index in [9.17, 15) is 8.42 Å². The van der Waals surface area contributed by atoms with Crippen LogP contribution >= 0.6 is 0 Å². The topological polar surface area (TPSA) is 83.6 Å². The van der Waals surface area contributed by atoms with Gasteiger partial charge in [-0.25, -0.2) is 13.4 Å². The normalized spacial score (nSPS) is 15.4. The van der Waals surface area contributed by atoms with Crippen LogP contribution in [0.4, 0.5) is 11.5 Å². The average molecular weight is 391 g/mol. The van der Waals surface area contributed by atoms with Crippen LogP contribution in [0.5, 0.6) is 0 Å². The van der Waals surface area contributed by atoms with Crippen molar-refractivity contribution < 1.29 is 13.2 Å². The molecule has 0 atom stereocenters. The molecule has 0 bridgehead atoms. The van der Waals surface area contributed by atoms with Gasteiger partial charge in [0, 0.05) is 26.2 Å². The largest absolute Gasteiger partial charge is 0.379 e. The molecule has 8 heteroatoms. The number of aromatic nitrogens is 1. The molecule has 1 aromatic heterocycles. The SMILES string of the molecule is CCc1ccc(S(=O)(=O)Nc2ccc(NCCN3CCOCC3)nc2)cc1. The third-order valence-electron chi connectivity index (χ3n) is 4.50. The Morgan fingerprint density at radius 1 is 1.11 bits per heavy atom. The molecule has 1 aromatic carbocycles. The van der Waals surface area contributed by atoms with Gasteiger partial charge in [-0.1, -0.05) is 19.1 Å². The van der Waals surface area contributed by atoms with Crippen LogP contribution in [0.25, 0.3) is 0 Å². The molecular weight excluding hydrogens is 364 g/mol. The van der Waals surface area contributed by atoms with E-state index in [1.165, 1.54) is 6.20 Å². The highest BCUT2D eigenvalue weighted by molar-refractivity contribution is 7.92. The Labute approximate surface area is 160 Å². The minimum absolute atomic E-state index is 0.243. The maximum Gasteiger partial charge on any atom is 0.261 e. The quantitative estimate of drug-likeness (QED) is 0.719. The lowest BCUT2D eigenvalue weighted by atomic mass is 10.2. The lowest BCUT2D eigenvalue weighted by Crippen LogP contribution is -2.39. The van der Waals surface area contributed by atoms with Gasteiger partial charge >= 0.3 is 0 Å². The summed E-state index contributed by atoms with van der Waals surface area (Å²) in [6.45, 7) is 7.21. The standard InChI is InChI=1S/C19H26N4O3S/c1-2-16-3-6-18(7-4-16)27(24,25)22-17-5-8-19(21-15-17)20-9-10-23-11-13-26-14-12-23/h3-8,15,22H,2,9-14H2,1H3,(H,20,21). The maximum absolute atomic E-state index is 12.5. The number of benzene rings is 1. The second kappa shape index (κ2) is 9.16. The number of hydrogen-bond donors (Lipinski definition) is 2. The molecule has 2 aromatic rings. The molecule has 146 valence electrons. The smallest absolute Gasteiger partial charge is 0.261 e. The predicted octanol–water partition coefficient (Wildman–Crippen LogP) is 2.19. The molecule has 1 aliphatic rings. The van der Waals surface area contributed by atoms with E-state index >= 15 is 0 Å². The van der Waals surface area contributed by atoms with Crippen LogP contribution in [0.3, 0.4) is 0 Å². The van der Waals surface area contributed by atoms with Gasteiger partial charge in [0.1, 0.15) is 5.82 Å². The van der Waals surface area contributed by atoms with Gasteiger partial charge in [-0.05, 0) is 36.2 Å². The van der Waals surface area contributed by atoms with Crippen LogP contribution in [0, 0.1) is 0 Å². The highest BCUT2D eigenvalue weighted by Gasteiger charge is 2.14. The van der Waals surface area contributed by atoms with E-state index in [-0.39, 0.29) is 4.90 Å². The van der Waals surface area contributed by atoms with Crippen LogP contribution in [0.1, 0.15) is 12.5 Å². The first-order chi connectivity index (χ1) is 13.1. The number of morpholine rings is 1. The number of aryl methyl sites for hydroxylation is 1. The fraction of sp³-hybridized carbons (Fsp3) is 0.421. The van der Waals surface area contributed by atoms with Crippen LogP contribution < -0.4 is 10.0 Å². The summed E-state index contributed by atoms with van der Waals surface area (Å²) in [5, 5.41) is 3.26. The number of pyridine rings is 1. The van der Waals surface area contributed by atoms with Gasteiger partial charge in [0.05, 0.1) is 30.0 Å². The summed E-state index contributed by atoms with van der Waals surface area (Å²) in [7, 11) is -3.61. The molecule has 0 aliphatic carbocycles. The van der Waals surface area contributed by atoms with Crippen molar-refractivity contribution >= 4 is 21.5 Å². The summed E-state index contributed by atoms with van der Waals surface area (Å²) in [6, 6.07) is 10.4. The molecule has 1 fully saturated rings. The lowest BCUT2D eigenvalue weighted by Gasteiger charge is -2.26. The first kappa shape index (κ1) is 19.6. The van der Waals surface area contributed by atoms with Gasteiger partial charge in [0.25, 0.3) is 10.0 Å². The number of hydrogen-bond acceptors (Lipinski definition) is 6. The Hall–Kier alpha value is -2.16. The molecule has 1 aliphatic heterocycles. The minimum atomic E-state index is -3.61. The summed E-state index contributed by atoms with van der Waals surface area (Å²) < 4.78 is 32.8. The molecule has 2 heterocycles. The summed E-state index contributed by atoms with van der Waals surface area (Å²) in [5.41, 5.74) is 1.54. The van der Waals surface area contributed by atoms with Crippen molar-refractivity contribution in [3.63, 3.8) is 0 Å². The lowest BCUT2D eigenvalue weighted by molar-refractivity contribution is 0.0398. The monoisotopic (exact) mass is 390 g/mol. The second-order valence-corrected chi connectivity index (χ2v) is 8.10. The fourth-order valence-electron chi connectivity index (χ4n) is 2.84. The van der Waals surface area contributed by atoms with Gasteiger partial charge in [0.2, 0.25) is 0 Å². The molecule has 0 unspecified atom stereocenters. The van der Waals surface area contributed by atoms with E-state index in [2.05, 4.69) is 19.9 Å². The van der Waals surface area contributed by atoms with Gasteiger partial charge in [-0.3, -0.25) is 9.62 Å². The van der Waals surface area contributed by atoms with Crippen LogP contribution in [-0.2, 0) is 21.2 Å². The molecule has 0 spiro atoms. The molecule has 0 amide bonds. The number of nitrogens with one attached hydrogen (secondary N) is 2. The number of anilines is 2. The maximum atomic E-state index is 12.5. The summed E-state index contributed by atoms with van der Waals surface area (Å²) >= 11 is 0. The number of sulfonamides is 1. The number of nitrogens with zero attached hydrogens (tertiary/aromatic N) is 2. The zero-order valence-corrected chi connectivity index (χ0v) is 16.3. The molecule has 1 saturated heterocycles. The molecule has 27 heavy (non-hydrogen) atoms. The Bertz CT molecular complexity index is 817. The number of ether oxygens (including phenoxy) is 1. The third-order valence-corrected chi connectivity index (χ3v) is 5.89. The van der Waals surface area contributed by atoms with Crippen molar-refractivity contribution in [3.8, 4) is 0 Å². The molecule has 3 rings (SSSR count). The van der Waals surface area contributed by atoms with E-state index in [1.807, 2.05) is 19.1 Å². The third kappa shape index (κ3) is 5.66. The van der Waals surface area contributed by atoms with Crippen LogP contribution in [0.15, 0.2) is 47.5 Å². The average Bonchev–Trinajstić information content (AvgIpc) is 2.70. The highest BCUT2D eigenvalue weighted by Crippen LogP contribution is 2.17. The summed E-state index contributed by atoms with van der Waals surface area (Å²) in [5.74, 6) is 0.721.